The van der Waals surface area contributed by atoms with Crippen LogP contribution in [0, 0.1) is 5.92 Å². The number of ether oxygens (including phenoxy) is 3. The summed E-state index contributed by atoms with van der Waals surface area (Å²) in [6.45, 7) is 2.42. The molecular formula is C46H42N6O6S. The van der Waals surface area contributed by atoms with E-state index in [-0.39, 0.29) is 36.5 Å². The molecule has 2 amide bonds. The maximum Gasteiger partial charge on any atom is 0.319 e. The summed E-state index contributed by atoms with van der Waals surface area (Å²) in [6, 6.07) is 47.2. The number of aliphatic hydroxyl groups is 1. The Bertz CT molecular complexity index is 2450. The lowest BCUT2D eigenvalue weighted by atomic mass is 9.91. The van der Waals surface area contributed by atoms with Gasteiger partial charge in [-0.2, -0.15) is 4.68 Å². The molecule has 1 fully saturated rings. The number of phenols is 1. The summed E-state index contributed by atoms with van der Waals surface area (Å²) in [6.07, 6.45) is -1.17. The number of nitrogens with zero attached hydrogens (tertiary/aromatic N) is 4. The molecule has 1 aliphatic heterocycles. The van der Waals surface area contributed by atoms with Gasteiger partial charge in [0.2, 0.25) is 5.16 Å². The van der Waals surface area contributed by atoms with Crippen LogP contribution in [-0.4, -0.2) is 48.3 Å². The number of benzene rings is 6. The molecule has 4 unspecified atom stereocenters. The molecule has 13 heteroatoms. The zero-order valence-electron chi connectivity index (χ0n) is 32.1. The fraction of sp³-hybridized carbons (Fsp3) is 0.174. The van der Waals surface area contributed by atoms with Crippen molar-refractivity contribution in [1.82, 2.24) is 25.5 Å². The van der Waals surface area contributed by atoms with E-state index in [0.717, 1.165) is 44.8 Å². The number of nitrogens with one attached hydrogen (secondary N) is 2. The van der Waals surface area contributed by atoms with E-state index in [0.29, 0.717) is 28.9 Å². The van der Waals surface area contributed by atoms with Crippen LogP contribution in [0.5, 0.6) is 17.2 Å². The third-order valence-corrected chi connectivity index (χ3v) is 11.0. The highest BCUT2D eigenvalue weighted by Gasteiger charge is 2.38. The van der Waals surface area contributed by atoms with Gasteiger partial charge in [0, 0.05) is 29.5 Å². The van der Waals surface area contributed by atoms with Crippen LogP contribution in [0.3, 0.4) is 0 Å². The van der Waals surface area contributed by atoms with Crippen molar-refractivity contribution >= 4 is 23.5 Å². The summed E-state index contributed by atoms with van der Waals surface area (Å²) in [5.41, 5.74) is 7.04. The molecule has 8 rings (SSSR count). The molecule has 59 heavy (non-hydrogen) atoms. The smallest absolute Gasteiger partial charge is 0.319 e. The van der Waals surface area contributed by atoms with Gasteiger partial charge in [0.1, 0.15) is 17.2 Å². The van der Waals surface area contributed by atoms with Crippen LogP contribution in [0.15, 0.2) is 157 Å². The second-order valence-corrected chi connectivity index (χ2v) is 15.1. The first-order valence-corrected chi connectivity index (χ1v) is 20.2. The highest BCUT2D eigenvalue weighted by atomic mass is 32.2. The summed E-state index contributed by atoms with van der Waals surface area (Å²) >= 11 is 1.49. The number of anilines is 1. The number of amides is 2. The molecule has 7 aromatic rings. The molecule has 0 radical (unpaired) electrons. The van der Waals surface area contributed by atoms with Crippen molar-refractivity contribution in [1.29, 1.82) is 0 Å². The van der Waals surface area contributed by atoms with Crippen LogP contribution in [0.25, 0.3) is 16.8 Å². The van der Waals surface area contributed by atoms with E-state index in [2.05, 4.69) is 39.1 Å². The van der Waals surface area contributed by atoms with Crippen molar-refractivity contribution in [3.05, 3.63) is 174 Å². The van der Waals surface area contributed by atoms with Crippen molar-refractivity contribution in [3.8, 4) is 34.1 Å². The van der Waals surface area contributed by atoms with Crippen molar-refractivity contribution < 1.29 is 29.2 Å². The van der Waals surface area contributed by atoms with E-state index in [1.165, 1.54) is 11.8 Å². The molecule has 0 spiro atoms. The summed E-state index contributed by atoms with van der Waals surface area (Å²) in [4.78, 5) is 12.8. The molecule has 4 N–H and O–H groups in total. The zero-order valence-corrected chi connectivity index (χ0v) is 32.9. The van der Waals surface area contributed by atoms with Gasteiger partial charge in [0.25, 0.3) is 0 Å². The standard InChI is InChI=1S/C46H42N6O6S/c1-30-42(29-59-46-49-50-51-52(46)38-20-22-39(54)23-21-38)57-44(58-43(30)34-12-10-31(28-53)11-13-34)35-16-14-33(15-17-35)36-7-5-6-32(26-36)27-47-45(55)48-37-18-24-41(25-19-37)56-40-8-3-2-4-9-40/h2-26,30,42-44,53-54H,27-29H2,1H3,(H2,47,48,55). The van der Waals surface area contributed by atoms with Crippen molar-refractivity contribution in [2.45, 2.75) is 43.7 Å². The number of aromatic hydroxyl groups is 1. The van der Waals surface area contributed by atoms with Gasteiger partial charge in [-0.1, -0.05) is 104 Å². The zero-order chi connectivity index (χ0) is 40.6. The number of aliphatic hydroxyl groups excluding tert-OH is 1. The monoisotopic (exact) mass is 806 g/mol. The molecule has 2 heterocycles. The maximum absolute atomic E-state index is 12.8. The highest BCUT2D eigenvalue weighted by molar-refractivity contribution is 7.99. The average molecular weight is 807 g/mol. The molecular weight excluding hydrogens is 765 g/mol. The number of carbonyl (C=O) groups excluding carboxylic acids is 1. The third-order valence-electron chi connectivity index (χ3n) is 10.0. The number of carbonyl (C=O) groups is 1. The largest absolute Gasteiger partial charge is 0.508 e. The molecule has 4 atom stereocenters. The topological polar surface area (TPSA) is 153 Å². The van der Waals surface area contributed by atoms with Gasteiger partial charge in [-0.15, -0.1) is 5.10 Å². The Hall–Kier alpha value is -6.51. The summed E-state index contributed by atoms with van der Waals surface area (Å²) in [7, 11) is 0. The van der Waals surface area contributed by atoms with E-state index in [1.54, 1.807) is 41.1 Å². The Morgan fingerprint density at radius 3 is 2.25 bits per heavy atom. The molecule has 0 bridgehead atoms. The number of rotatable bonds is 13. The average Bonchev–Trinajstić information content (AvgIpc) is 3.75. The highest BCUT2D eigenvalue weighted by Crippen LogP contribution is 2.43. The molecule has 298 valence electrons. The van der Waals surface area contributed by atoms with Gasteiger partial charge in [-0.25, -0.2) is 4.79 Å². The number of para-hydroxylation sites is 1. The van der Waals surface area contributed by atoms with Crippen molar-refractivity contribution in [2.75, 3.05) is 11.1 Å². The quantitative estimate of drug-likeness (QED) is 0.0830. The van der Waals surface area contributed by atoms with Gasteiger partial charge in [0.05, 0.1) is 24.5 Å². The van der Waals surface area contributed by atoms with Crippen LogP contribution in [0.1, 0.15) is 41.6 Å². The maximum atomic E-state index is 12.8. The number of aromatic nitrogens is 4. The van der Waals surface area contributed by atoms with Crippen LogP contribution >= 0.6 is 11.8 Å². The Morgan fingerprint density at radius 2 is 1.51 bits per heavy atom. The molecule has 1 saturated heterocycles. The Labute approximate surface area is 345 Å². The first kappa shape index (κ1) is 39.3. The summed E-state index contributed by atoms with van der Waals surface area (Å²) in [5, 5.41) is 38.2. The van der Waals surface area contributed by atoms with Crippen LogP contribution < -0.4 is 15.4 Å². The van der Waals surface area contributed by atoms with E-state index in [1.807, 2.05) is 109 Å². The summed E-state index contributed by atoms with van der Waals surface area (Å²) in [5.74, 6) is 2.10. The van der Waals surface area contributed by atoms with E-state index < -0.39 is 6.29 Å². The van der Waals surface area contributed by atoms with Crippen LogP contribution in [0.4, 0.5) is 10.5 Å². The van der Waals surface area contributed by atoms with E-state index in [4.69, 9.17) is 14.2 Å². The number of phenolic OH excluding ortho intramolecular Hbond substituents is 1. The first-order valence-electron chi connectivity index (χ1n) is 19.2. The van der Waals surface area contributed by atoms with Gasteiger partial charge in [-0.3, -0.25) is 0 Å². The fourth-order valence-electron chi connectivity index (χ4n) is 6.77. The Morgan fingerprint density at radius 1 is 0.780 bits per heavy atom. The number of hydrogen-bond donors (Lipinski definition) is 4. The fourth-order valence-corrected chi connectivity index (χ4v) is 7.83. The minimum absolute atomic E-state index is 0.0329. The number of hydrogen-bond acceptors (Lipinski definition) is 10. The van der Waals surface area contributed by atoms with Gasteiger partial charge < -0.3 is 35.1 Å². The number of tetrazole rings is 1. The van der Waals surface area contributed by atoms with Gasteiger partial charge in [0.15, 0.2) is 6.29 Å². The lowest BCUT2D eigenvalue weighted by Gasteiger charge is -2.41. The molecule has 0 aliphatic carbocycles. The second-order valence-electron chi connectivity index (χ2n) is 14.1. The molecule has 12 nitrogen and oxygen atoms in total. The molecule has 1 aromatic heterocycles. The lowest BCUT2D eigenvalue weighted by Crippen LogP contribution is -2.38. The Kier molecular flexibility index (Phi) is 12.3. The van der Waals surface area contributed by atoms with Gasteiger partial charge >= 0.3 is 6.03 Å². The number of thioether (sulfide) groups is 1. The van der Waals surface area contributed by atoms with Crippen molar-refractivity contribution in [3.63, 3.8) is 0 Å². The third kappa shape index (κ3) is 9.79. The second kappa shape index (κ2) is 18.4. The van der Waals surface area contributed by atoms with Gasteiger partial charge in [-0.05, 0) is 105 Å². The predicted molar refractivity (Wildman–Crippen MR) is 225 cm³/mol. The van der Waals surface area contributed by atoms with Crippen LogP contribution in [0.2, 0.25) is 0 Å². The minimum Gasteiger partial charge on any atom is -0.508 e. The van der Waals surface area contributed by atoms with Crippen LogP contribution in [-0.2, 0) is 22.6 Å². The number of urea groups is 1. The lowest BCUT2D eigenvalue weighted by molar-refractivity contribution is -0.268. The molecule has 1 aliphatic rings. The SMILES string of the molecule is CC1C(CSc2nnnn2-c2ccc(O)cc2)OC(c2ccc(-c3cccc(CNC(=O)Nc4ccc(Oc5ccccc5)cc4)c3)cc2)OC1c1ccc(CO)cc1. The predicted octanol–water partition coefficient (Wildman–Crippen LogP) is 9.22. The van der Waals surface area contributed by atoms with E-state index >= 15 is 0 Å². The molecule has 6 aromatic carbocycles. The minimum atomic E-state index is -0.650. The first-order chi connectivity index (χ1) is 28.9. The van der Waals surface area contributed by atoms with Crippen molar-refractivity contribution in [2.24, 2.45) is 5.92 Å². The summed E-state index contributed by atoms with van der Waals surface area (Å²) < 4.78 is 20.9. The Balaban J connectivity index is 0.921. The normalized spacial score (nSPS) is 17.6. The van der Waals surface area contributed by atoms with E-state index in [9.17, 15) is 15.0 Å². The molecule has 0 saturated carbocycles.